The summed E-state index contributed by atoms with van der Waals surface area (Å²) in [4.78, 5) is 2.49. The Balaban J connectivity index is 3.98. The van der Waals surface area contributed by atoms with Crippen molar-refractivity contribution in [3.63, 3.8) is 0 Å². The van der Waals surface area contributed by atoms with Gasteiger partial charge in [0.2, 0.25) is 0 Å². The molecule has 0 spiro atoms. The maximum Gasteiger partial charge on any atom is 0.0125 e. The van der Waals surface area contributed by atoms with Gasteiger partial charge in [-0.2, -0.15) is 0 Å². The van der Waals surface area contributed by atoms with Gasteiger partial charge in [-0.25, -0.2) is 0 Å². The van der Waals surface area contributed by atoms with E-state index in [2.05, 4.69) is 39.5 Å². The minimum absolute atomic E-state index is 0.257. The van der Waals surface area contributed by atoms with Gasteiger partial charge in [-0.1, -0.05) is 20.3 Å². The molecule has 0 fully saturated rings. The van der Waals surface area contributed by atoms with E-state index in [-0.39, 0.29) is 5.54 Å². The number of nitrogens with zero attached hydrogens (tertiary/aromatic N) is 1. The average Bonchev–Trinajstić information content (AvgIpc) is 2.09. The fourth-order valence-electron chi connectivity index (χ4n) is 1.52. The third-order valence-electron chi connectivity index (χ3n) is 2.94. The summed E-state index contributed by atoms with van der Waals surface area (Å²) in [7, 11) is 0. The summed E-state index contributed by atoms with van der Waals surface area (Å²) in [6, 6.07) is 0. The van der Waals surface area contributed by atoms with Crippen LogP contribution in [0.4, 0.5) is 0 Å². The van der Waals surface area contributed by atoms with E-state index < -0.39 is 0 Å². The molecule has 0 aliphatic rings. The number of hydrogen-bond donors (Lipinski definition) is 1. The van der Waals surface area contributed by atoms with Crippen molar-refractivity contribution in [2.24, 2.45) is 11.7 Å². The molecule has 2 nitrogen and oxygen atoms in total. The lowest BCUT2D eigenvalue weighted by Crippen LogP contribution is -2.44. The van der Waals surface area contributed by atoms with Gasteiger partial charge in [0.05, 0.1) is 0 Å². The van der Waals surface area contributed by atoms with Gasteiger partial charge in [-0.15, -0.1) is 0 Å². The SMILES string of the molecule is CCC(C)CCN(CCN)C(C)(C)C. The van der Waals surface area contributed by atoms with Gasteiger partial charge in [0, 0.05) is 18.6 Å². The zero-order chi connectivity index (χ0) is 11.2. The van der Waals surface area contributed by atoms with E-state index in [1.807, 2.05) is 0 Å². The second-order valence-corrected chi connectivity index (χ2v) is 5.25. The largest absolute Gasteiger partial charge is 0.329 e. The van der Waals surface area contributed by atoms with Crippen LogP contribution in [-0.4, -0.2) is 30.1 Å². The number of nitrogens with two attached hydrogens (primary N) is 1. The molecule has 0 aliphatic heterocycles. The lowest BCUT2D eigenvalue weighted by atomic mass is 10.0. The van der Waals surface area contributed by atoms with Gasteiger partial charge >= 0.3 is 0 Å². The van der Waals surface area contributed by atoms with Crippen LogP contribution in [0.3, 0.4) is 0 Å². The van der Waals surface area contributed by atoms with Crippen LogP contribution in [0.1, 0.15) is 47.5 Å². The van der Waals surface area contributed by atoms with Gasteiger partial charge < -0.3 is 5.73 Å². The van der Waals surface area contributed by atoms with Crippen molar-refractivity contribution >= 4 is 0 Å². The molecule has 14 heavy (non-hydrogen) atoms. The second kappa shape index (κ2) is 6.41. The second-order valence-electron chi connectivity index (χ2n) is 5.25. The van der Waals surface area contributed by atoms with Crippen molar-refractivity contribution in [1.82, 2.24) is 4.90 Å². The van der Waals surface area contributed by atoms with Crippen molar-refractivity contribution in [3.8, 4) is 0 Å². The van der Waals surface area contributed by atoms with Gasteiger partial charge in [0.25, 0.3) is 0 Å². The molecule has 0 aromatic heterocycles. The van der Waals surface area contributed by atoms with Crippen LogP contribution < -0.4 is 5.73 Å². The zero-order valence-electron chi connectivity index (χ0n) is 10.6. The van der Waals surface area contributed by atoms with E-state index in [9.17, 15) is 0 Å². The molecule has 0 amide bonds. The first-order chi connectivity index (χ1) is 6.41. The van der Waals surface area contributed by atoms with Gasteiger partial charge in [-0.05, 0) is 39.7 Å². The standard InChI is InChI=1S/C12H28N2/c1-6-11(2)7-9-14(10-8-13)12(3,4)5/h11H,6-10,13H2,1-5H3. The topological polar surface area (TPSA) is 29.3 Å². The summed E-state index contributed by atoms with van der Waals surface area (Å²) in [6.45, 7) is 14.3. The lowest BCUT2D eigenvalue weighted by Gasteiger charge is -2.36. The van der Waals surface area contributed by atoms with Crippen LogP contribution >= 0.6 is 0 Å². The Hall–Kier alpha value is -0.0800. The summed E-state index contributed by atoms with van der Waals surface area (Å²) in [5, 5.41) is 0. The Morgan fingerprint density at radius 3 is 2.14 bits per heavy atom. The van der Waals surface area contributed by atoms with Gasteiger partial charge in [-0.3, -0.25) is 4.90 Å². The summed E-state index contributed by atoms with van der Waals surface area (Å²) >= 11 is 0. The molecule has 0 rings (SSSR count). The van der Waals surface area contributed by atoms with E-state index in [1.54, 1.807) is 0 Å². The molecule has 2 N–H and O–H groups in total. The molecule has 2 heteroatoms. The molecule has 0 saturated carbocycles. The van der Waals surface area contributed by atoms with Crippen molar-refractivity contribution in [3.05, 3.63) is 0 Å². The van der Waals surface area contributed by atoms with Gasteiger partial charge in [0.1, 0.15) is 0 Å². The van der Waals surface area contributed by atoms with Crippen LogP contribution in [0.15, 0.2) is 0 Å². The van der Waals surface area contributed by atoms with E-state index >= 15 is 0 Å². The first-order valence-corrected chi connectivity index (χ1v) is 5.87. The smallest absolute Gasteiger partial charge is 0.0125 e. The maximum absolute atomic E-state index is 5.62. The molecule has 0 bridgehead atoms. The quantitative estimate of drug-likeness (QED) is 0.714. The van der Waals surface area contributed by atoms with Crippen LogP contribution in [0.5, 0.6) is 0 Å². The molecular formula is C12H28N2. The minimum Gasteiger partial charge on any atom is -0.329 e. The summed E-state index contributed by atoms with van der Waals surface area (Å²) < 4.78 is 0. The molecule has 86 valence electrons. The summed E-state index contributed by atoms with van der Waals surface area (Å²) in [5.41, 5.74) is 5.88. The van der Waals surface area contributed by atoms with Crippen LogP contribution in [0.25, 0.3) is 0 Å². The Morgan fingerprint density at radius 1 is 1.21 bits per heavy atom. The van der Waals surface area contributed by atoms with Crippen molar-refractivity contribution < 1.29 is 0 Å². The summed E-state index contributed by atoms with van der Waals surface area (Å²) in [5.74, 6) is 0.831. The Bertz CT molecular complexity index is 138. The molecule has 0 aliphatic carbocycles. The van der Waals surface area contributed by atoms with Crippen LogP contribution in [0, 0.1) is 5.92 Å². The Morgan fingerprint density at radius 2 is 1.79 bits per heavy atom. The highest BCUT2D eigenvalue weighted by Gasteiger charge is 2.20. The van der Waals surface area contributed by atoms with Crippen molar-refractivity contribution in [2.45, 2.75) is 53.0 Å². The van der Waals surface area contributed by atoms with Gasteiger partial charge in [0.15, 0.2) is 0 Å². The van der Waals surface area contributed by atoms with E-state index in [0.29, 0.717) is 0 Å². The molecule has 0 saturated heterocycles. The molecule has 1 unspecified atom stereocenters. The number of rotatable bonds is 6. The highest BCUT2D eigenvalue weighted by Crippen LogP contribution is 2.15. The molecule has 0 aromatic carbocycles. The monoisotopic (exact) mass is 200 g/mol. The fourth-order valence-corrected chi connectivity index (χ4v) is 1.52. The third-order valence-corrected chi connectivity index (χ3v) is 2.94. The maximum atomic E-state index is 5.62. The number of hydrogen-bond acceptors (Lipinski definition) is 2. The molecule has 1 atom stereocenters. The predicted molar refractivity (Wildman–Crippen MR) is 64.5 cm³/mol. The Labute approximate surface area is 89.9 Å². The molecule has 0 aromatic rings. The van der Waals surface area contributed by atoms with E-state index in [1.165, 1.54) is 19.4 Å². The van der Waals surface area contributed by atoms with Crippen LogP contribution in [-0.2, 0) is 0 Å². The zero-order valence-corrected chi connectivity index (χ0v) is 10.6. The highest BCUT2D eigenvalue weighted by molar-refractivity contribution is 4.76. The fraction of sp³-hybridized carbons (Fsp3) is 1.00. The highest BCUT2D eigenvalue weighted by atomic mass is 15.2. The van der Waals surface area contributed by atoms with E-state index in [4.69, 9.17) is 5.73 Å². The predicted octanol–water partition coefficient (Wildman–Crippen LogP) is 2.48. The van der Waals surface area contributed by atoms with Crippen molar-refractivity contribution in [1.29, 1.82) is 0 Å². The van der Waals surface area contributed by atoms with E-state index in [0.717, 1.165) is 19.0 Å². The van der Waals surface area contributed by atoms with Crippen molar-refractivity contribution in [2.75, 3.05) is 19.6 Å². The minimum atomic E-state index is 0.257. The Kier molecular flexibility index (Phi) is 6.38. The first kappa shape index (κ1) is 13.9. The lowest BCUT2D eigenvalue weighted by molar-refractivity contribution is 0.132. The molecule has 0 heterocycles. The average molecular weight is 200 g/mol. The summed E-state index contributed by atoms with van der Waals surface area (Å²) in [6.07, 6.45) is 2.56. The van der Waals surface area contributed by atoms with Crippen LogP contribution in [0.2, 0.25) is 0 Å². The molecule has 0 radical (unpaired) electrons. The normalized spacial score (nSPS) is 14.8. The molecular weight excluding hydrogens is 172 g/mol. The first-order valence-electron chi connectivity index (χ1n) is 5.87. The third kappa shape index (κ3) is 5.61.